The second-order valence-corrected chi connectivity index (χ2v) is 7.45. The third-order valence-electron chi connectivity index (χ3n) is 4.38. The van der Waals surface area contributed by atoms with Crippen LogP contribution in [0.1, 0.15) is 21.9 Å². The molecule has 4 rings (SSSR count). The van der Waals surface area contributed by atoms with Crippen molar-refractivity contribution in [1.82, 2.24) is 18.8 Å². The number of aromatic hydroxyl groups is 1. The first kappa shape index (κ1) is 20.3. The maximum absolute atomic E-state index is 12.9. The van der Waals surface area contributed by atoms with Gasteiger partial charge in [0, 0.05) is 30.9 Å². The summed E-state index contributed by atoms with van der Waals surface area (Å²) in [7, 11) is 0. The van der Waals surface area contributed by atoms with E-state index >= 15 is 0 Å². The van der Waals surface area contributed by atoms with Crippen molar-refractivity contribution in [3.8, 4) is 16.3 Å². The normalized spacial score (nSPS) is 13.2. The number of amides is 1. The van der Waals surface area contributed by atoms with Crippen molar-refractivity contribution < 1.29 is 9.90 Å². The van der Waals surface area contributed by atoms with Crippen molar-refractivity contribution in [3.63, 3.8) is 0 Å². The van der Waals surface area contributed by atoms with Crippen LogP contribution in [-0.2, 0) is 13.1 Å². The molecule has 1 amide bonds. The van der Waals surface area contributed by atoms with Gasteiger partial charge in [-0.1, -0.05) is 23.7 Å². The Hall–Kier alpha value is -2.42. The Morgan fingerprint density at radius 1 is 1.29 bits per heavy atom. The highest BCUT2D eigenvalue weighted by Gasteiger charge is 2.30. The van der Waals surface area contributed by atoms with E-state index in [9.17, 15) is 14.7 Å². The number of hydrogen-bond acceptors (Lipinski definition) is 6. The van der Waals surface area contributed by atoms with Gasteiger partial charge < -0.3 is 14.6 Å². The minimum Gasteiger partial charge on any atom is -0.503 e. The van der Waals surface area contributed by atoms with Crippen molar-refractivity contribution in [2.45, 2.75) is 20.0 Å². The number of halogens is 2. The highest BCUT2D eigenvalue weighted by molar-refractivity contribution is 7.09. The molecule has 7 nitrogen and oxygen atoms in total. The molecule has 0 saturated carbocycles. The maximum atomic E-state index is 12.9. The van der Waals surface area contributed by atoms with Crippen LogP contribution in [0.3, 0.4) is 0 Å². The standard InChI is InChI=1S/C18H15ClN4O3S.ClH/c1-10-20-17(27-21-10)13-9-22-5-6-23(8-11-3-2-4-12(19)7-11)18(26)14(22)16(25)15(13)24;/h2-4,7,9,25H,5-6,8H2,1H3;1H. The lowest BCUT2D eigenvalue weighted by molar-refractivity contribution is 0.0683. The summed E-state index contributed by atoms with van der Waals surface area (Å²) in [6.45, 7) is 2.99. The Morgan fingerprint density at radius 2 is 2.07 bits per heavy atom. The SMILES string of the molecule is Cc1nsc(-c2cn3c(c(O)c2=O)C(=O)N(Cc2cccc(Cl)c2)CC3)n1.Cl. The summed E-state index contributed by atoms with van der Waals surface area (Å²) < 4.78 is 5.68. The Labute approximate surface area is 175 Å². The molecule has 146 valence electrons. The van der Waals surface area contributed by atoms with Gasteiger partial charge in [0.05, 0.1) is 5.56 Å². The first-order valence-electron chi connectivity index (χ1n) is 8.25. The Balaban J connectivity index is 0.00000225. The summed E-state index contributed by atoms with van der Waals surface area (Å²) in [5, 5.41) is 11.5. The summed E-state index contributed by atoms with van der Waals surface area (Å²) in [4.78, 5) is 31.3. The Bertz CT molecular complexity index is 1110. The molecule has 0 unspecified atom stereocenters. The largest absolute Gasteiger partial charge is 0.503 e. The highest BCUT2D eigenvalue weighted by atomic mass is 35.5. The lowest BCUT2D eigenvalue weighted by atomic mass is 10.1. The summed E-state index contributed by atoms with van der Waals surface area (Å²) >= 11 is 7.09. The molecule has 10 heteroatoms. The smallest absolute Gasteiger partial charge is 0.274 e. The van der Waals surface area contributed by atoms with Crippen LogP contribution in [0.2, 0.25) is 5.02 Å². The molecule has 0 radical (unpaired) electrons. The third kappa shape index (κ3) is 3.63. The maximum Gasteiger partial charge on any atom is 0.274 e. The van der Waals surface area contributed by atoms with Crippen molar-refractivity contribution in [3.05, 3.63) is 62.8 Å². The molecule has 1 N–H and O–H groups in total. The molecule has 3 aromatic rings. The Kier molecular flexibility index (Phi) is 5.74. The zero-order valence-electron chi connectivity index (χ0n) is 14.8. The van der Waals surface area contributed by atoms with Gasteiger partial charge in [0.15, 0.2) is 11.4 Å². The zero-order valence-corrected chi connectivity index (χ0v) is 17.1. The fourth-order valence-electron chi connectivity index (χ4n) is 3.10. The van der Waals surface area contributed by atoms with Gasteiger partial charge in [-0.15, -0.1) is 12.4 Å². The molecule has 0 saturated heterocycles. The quantitative estimate of drug-likeness (QED) is 0.678. The molecule has 0 aliphatic carbocycles. The number of carbonyl (C=O) groups excluding carboxylic acids is 1. The van der Waals surface area contributed by atoms with Crippen LogP contribution in [0.5, 0.6) is 5.75 Å². The minimum absolute atomic E-state index is 0. The predicted molar refractivity (Wildman–Crippen MR) is 109 cm³/mol. The number of benzene rings is 1. The van der Waals surface area contributed by atoms with Crippen LogP contribution >= 0.6 is 35.5 Å². The zero-order chi connectivity index (χ0) is 19.1. The molecule has 0 atom stereocenters. The molecule has 1 aliphatic rings. The average Bonchev–Trinajstić information content (AvgIpc) is 3.06. The van der Waals surface area contributed by atoms with Gasteiger partial charge in [0.25, 0.3) is 5.91 Å². The third-order valence-corrected chi connectivity index (χ3v) is 5.45. The van der Waals surface area contributed by atoms with Crippen molar-refractivity contribution >= 4 is 41.4 Å². The van der Waals surface area contributed by atoms with Gasteiger partial charge in [0.2, 0.25) is 5.43 Å². The van der Waals surface area contributed by atoms with E-state index in [-0.39, 0.29) is 23.7 Å². The molecule has 1 aromatic carbocycles. The number of rotatable bonds is 3. The van der Waals surface area contributed by atoms with Gasteiger partial charge in [-0.3, -0.25) is 9.59 Å². The van der Waals surface area contributed by atoms with Gasteiger partial charge in [0.1, 0.15) is 10.8 Å². The number of hydrogen-bond donors (Lipinski definition) is 1. The summed E-state index contributed by atoms with van der Waals surface area (Å²) in [5.41, 5.74) is 0.513. The Morgan fingerprint density at radius 3 is 2.75 bits per heavy atom. The molecule has 0 bridgehead atoms. The topological polar surface area (TPSA) is 88.3 Å². The van der Waals surface area contributed by atoms with Gasteiger partial charge in [-0.2, -0.15) is 4.37 Å². The molecule has 3 heterocycles. The van der Waals surface area contributed by atoms with E-state index in [2.05, 4.69) is 9.36 Å². The molecule has 0 fully saturated rings. The molecule has 0 spiro atoms. The summed E-state index contributed by atoms with van der Waals surface area (Å²) in [6.07, 6.45) is 1.58. The number of aromatic nitrogens is 3. The number of carbonyl (C=O) groups is 1. The minimum atomic E-state index is -0.615. The van der Waals surface area contributed by atoms with Crippen molar-refractivity contribution in [2.75, 3.05) is 6.54 Å². The average molecular weight is 439 g/mol. The predicted octanol–water partition coefficient (Wildman–Crippen LogP) is 3.11. The van der Waals surface area contributed by atoms with Gasteiger partial charge in [-0.05, 0) is 36.2 Å². The van der Waals surface area contributed by atoms with Crippen LogP contribution in [0, 0.1) is 6.92 Å². The molecule has 1 aliphatic heterocycles. The number of fused-ring (bicyclic) bond motifs is 1. The monoisotopic (exact) mass is 438 g/mol. The number of nitrogens with zero attached hydrogens (tertiary/aromatic N) is 4. The van der Waals surface area contributed by atoms with E-state index in [1.165, 1.54) is 0 Å². The van der Waals surface area contributed by atoms with Crippen LogP contribution in [0.15, 0.2) is 35.3 Å². The molecular formula is C18H16Cl2N4O3S. The second-order valence-electron chi connectivity index (χ2n) is 6.27. The lowest BCUT2D eigenvalue weighted by Crippen LogP contribution is -2.41. The fraction of sp³-hybridized carbons (Fsp3) is 0.222. The summed E-state index contributed by atoms with van der Waals surface area (Å²) in [6, 6.07) is 7.25. The van der Waals surface area contributed by atoms with Crippen LogP contribution in [0.4, 0.5) is 0 Å². The van der Waals surface area contributed by atoms with E-state index in [1.807, 2.05) is 12.1 Å². The molecule has 28 heavy (non-hydrogen) atoms. The number of pyridine rings is 1. The first-order valence-corrected chi connectivity index (χ1v) is 9.40. The lowest BCUT2D eigenvalue weighted by Gasteiger charge is -2.30. The van der Waals surface area contributed by atoms with Crippen LogP contribution < -0.4 is 5.43 Å². The fourth-order valence-corrected chi connectivity index (χ4v) is 3.98. The van der Waals surface area contributed by atoms with E-state index in [0.29, 0.717) is 35.5 Å². The van der Waals surface area contributed by atoms with E-state index in [0.717, 1.165) is 17.1 Å². The van der Waals surface area contributed by atoms with E-state index < -0.39 is 17.1 Å². The molecule has 2 aromatic heterocycles. The highest BCUT2D eigenvalue weighted by Crippen LogP contribution is 2.26. The second kappa shape index (κ2) is 7.90. The van der Waals surface area contributed by atoms with Gasteiger partial charge in [-0.25, -0.2) is 4.98 Å². The summed E-state index contributed by atoms with van der Waals surface area (Å²) in [5.74, 6) is -0.391. The van der Waals surface area contributed by atoms with Crippen molar-refractivity contribution in [1.29, 1.82) is 0 Å². The van der Waals surface area contributed by atoms with E-state index in [1.54, 1.807) is 34.7 Å². The van der Waals surface area contributed by atoms with Crippen LogP contribution in [0.25, 0.3) is 10.6 Å². The molecular weight excluding hydrogens is 423 g/mol. The van der Waals surface area contributed by atoms with E-state index in [4.69, 9.17) is 11.6 Å². The number of aryl methyl sites for hydroxylation is 1. The van der Waals surface area contributed by atoms with Gasteiger partial charge >= 0.3 is 0 Å². The van der Waals surface area contributed by atoms with Crippen LogP contribution in [-0.4, -0.2) is 36.4 Å². The first-order chi connectivity index (χ1) is 12.9. The van der Waals surface area contributed by atoms with Crippen molar-refractivity contribution in [2.24, 2.45) is 0 Å².